The maximum Gasteiger partial charge on any atom is 0.214 e. The summed E-state index contributed by atoms with van der Waals surface area (Å²) in [6.45, 7) is 3.36. The Bertz CT molecular complexity index is 678. The van der Waals surface area contributed by atoms with E-state index in [2.05, 4.69) is 20.7 Å². The Hall–Kier alpha value is -1.02. The number of nitrogens with zero attached hydrogens (tertiary/aromatic N) is 2. The molecule has 0 aromatic carbocycles. The number of aromatic nitrogens is 1. The highest BCUT2D eigenvalue weighted by atomic mass is 32.2. The van der Waals surface area contributed by atoms with Crippen LogP contribution in [0, 0.1) is 0 Å². The van der Waals surface area contributed by atoms with E-state index in [0.29, 0.717) is 6.61 Å². The van der Waals surface area contributed by atoms with Gasteiger partial charge in [-0.15, -0.1) is 0 Å². The molecule has 0 radical (unpaired) electrons. The third-order valence-corrected chi connectivity index (χ3v) is 7.32. The highest BCUT2D eigenvalue weighted by molar-refractivity contribution is 7.90. The monoisotopic (exact) mass is 351 g/mol. The highest BCUT2D eigenvalue weighted by Gasteiger charge is 2.45. The molecule has 0 amide bonds. The molecular formula is C17H25N3O3S. The average Bonchev–Trinajstić information content (AvgIpc) is 3.34. The predicted octanol–water partition coefficient (Wildman–Crippen LogP) is 1.29. The van der Waals surface area contributed by atoms with Crippen molar-refractivity contribution in [1.29, 1.82) is 0 Å². The second-order valence-electron chi connectivity index (χ2n) is 7.41. The molecule has 1 saturated carbocycles. The first-order chi connectivity index (χ1) is 11.5. The molecule has 2 aliphatic heterocycles. The van der Waals surface area contributed by atoms with Crippen LogP contribution in [0.4, 0.5) is 0 Å². The molecule has 132 valence electrons. The van der Waals surface area contributed by atoms with Crippen LogP contribution < -0.4 is 4.72 Å². The molecule has 0 bridgehead atoms. The quantitative estimate of drug-likeness (QED) is 0.865. The van der Waals surface area contributed by atoms with E-state index < -0.39 is 10.0 Å². The minimum Gasteiger partial charge on any atom is -0.373 e. The Labute approximate surface area is 143 Å². The number of rotatable bonds is 5. The summed E-state index contributed by atoms with van der Waals surface area (Å²) in [5.74, 6) is 0. The van der Waals surface area contributed by atoms with Crippen molar-refractivity contribution in [3.05, 3.63) is 30.1 Å². The van der Waals surface area contributed by atoms with E-state index in [9.17, 15) is 8.42 Å². The van der Waals surface area contributed by atoms with Gasteiger partial charge in [0.05, 0.1) is 10.9 Å². The number of nitrogens with one attached hydrogen (secondary N) is 1. The van der Waals surface area contributed by atoms with Gasteiger partial charge in [-0.05, 0) is 43.7 Å². The third kappa shape index (κ3) is 3.64. The molecule has 0 unspecified atom stereocenters. The van der Waals surface area contributed by atoms with E-state index >= 15 is 0 Å². The topological polar surface area (TPSA) is 71.5 Å². The molecule has 1 aromatic rings. The fourth-order valence-electron chi connectivity index (χ4n) is 3.93. The van der Waals surface area contributed by atoms with Crippen LogP contribution in [-0.4, -0.2) is 54.9 Å². The first-order valence-corrected chi connectivity index (χ1v) is 10.4. The molecule has 24 heavy (non-hydrogen) atoms. The summed E-state index contributed by atoms with van der Waals surface area (Å²) in [7, 11) is -3.12. The van der Waals surface area contributed by atoms with Crippen LogP contribution in [-0.2, 0) is 21.3 Å². The molecular weight excluding hydrogens is 326 g/mol. The van der Waals surface area contributed by atoms with Crippen LogP contribution in [0.5, 0.6) is 0 Å². The highest BCUT2D eigenvalue weighted by Crippen LogP contribution is 2.36. The summed E-state index contributed by atoms with van der Waals surface area (Å²) in [6, 6.07) is 4.07. The van der Waals surface area contributed by atoms with E-state index in [4.69, 9.17) is 4.74 Å². The number of hydrogen-bond acceptors (Lipinski definition) is 5. The van der Waals surface area contributed by atoms with E-state index in [1.165, 1.54) is 5.56 Å². The fourth-order valence-corrected chi connectivity index (χ4v) is 5.55. The normalized spacial score (nSPS) is 31.6. The molecule has 7 heteroatoms. The molecule has 6 nitrogen and oxygen atoms in total. The smallest absolute Gasteiger partial charge is 0.214 e. The van der Waals surface area contributed by atoms with Crippen molar-refractivity contribution in [1.82, 2.24) is 14.6 Å². The van der Waals surface area contributed by atoms with Crippen LogP contribution >= 0.6 is 0 Å². The zero-order valence-corrected chi connectivity index (χ0v) is 14.7. The van der Waals surface area contributed by atoms with Gasteiger partial charge in [-0.1, -0.05) is 6.07 Å². The SMILES string of the molecule is O=S(=O)(N[C@@H]1CCO[C@]2(CCN(Cc3cccnc3)C2)C1)C1CC1. The summed E-state index contributed by atoms with van der Waals surface area (Å²) in [4.78, 5) is 6.55. The molecule has 4 rings (SSSR count). The molecule has 3 aliphatic rings. The average molecular weight is 351 g/mol. The van der Waals surface area contributed by atoms with Crippen molar-refractivity contribution in [3.63, 3.8) is 0 Å². The van der Waals surface area contributed by atoms with E-state index in [1.54, 1.807) is 6.20 Å². The minimum atomic E-state index is -3.12. The van der Waals surface area contributed by atoms with Crippen molar-refractivity contribution >= 4 is 10.0 Å². The lowest BCUT2D eigenvalue weighted by Gasteiger charge is -2.38. The summed E-state index contributed by atoms with van der Waals surface area (Å²) in [5.41, 5.74) is 1.01. The van der Waals surface area contributed by atoms with Crippen molar-refractivity contribution in [2.24, 2.45) is 0 Å². The molecule has 2 saturated heterocycles. The van der Waals surface area contributed by atoms with E-state index in [-0.39, 0.29) is 16.9 Å². The lowest BCUT2D eigenvalue weighted by molar-refractivity contribution is -0.0779. The lowest BCUT2D eigenvalue weighted by Crippen LogP contribution is -2.50. The first-order valence-electron chi connectivity index (χ1n) is 8.81. The van der Waals surface area contributed by atoms with Crippen molar-refractivity contribution in [2.75, 3.05) is 19.7 Å². The lowest BCUT2D eigenvalue weighted by atomic mass is 9.90. The maximum atomic E-state index is 12.2. The van der Waals surface area contributed by atoms with E-state index in [1.807, 2.05) is 12.3 Å². The van der Waals surface area contributed by atoms with Gasteiger partial charge < -0.3 is 4.74 Å². The number of ether oxygens (including phenoxy) is 1. The Morgan fingerprint density at radius 1 is 1.38 bits per heavy atom. The Morgan fingerprint density at radius 2 is 2.25 bits per heavy atom. The molecule has 2 atom stereocenters. The van der Waals surface area contributed by atoms with Crippen LogP contribution in [0.25, 0.3) is 0 Å². The predicted molar refractivity (Wildman–Crippen MR) is 90.9 cm³/mol. The van der Waals surface area contributed by atoms with Gasteiger partial charge in [-0.3, -0.25) is 9.88 Å². The Morgan fingerprint density at radius 3 is 3.00 bits per heavy atom. The van der Waals surface area contributed by atoms with Gasteiger partial charge in [-0.25, -0.2) is 13.1 Å². The zero-order chi connectivity index (χ0) is 16.6. The number of hydrogen-bond donors (Lipinski definition) is 1. The molecule has 1 aliphatic carbocycles. The standard InChI is InChI=1S/C17H25N3O3S/c21-24(22,16-3-4-16)19-15-5-9-23-17(10-15)6-8-20(13-17)12-14-2-1-7-18-11-14/h1-2,7,11,15-16,19H,3-6,8-10,12-13H2/t15-,17-/m1/s1. The van der Waals surface area contributed by atoms with Gasteiger partial charge in [0.15, 0.2) is 0 Å². The fraction of sp³-hybridized carbons (Fsp3) is 0.706. The van der Waals surface area contributed by atoms with Crippen molar-refractivity contribution in [2.45, 2.75) is 55.5 Å². The summed E-state index contributed by atoms with van der Waals surface area (Å²) >= 11 is 0. The van der Waals surface area contributed by atoms with Crippen LogP contribution in [0.2, 0.25) is 0 Å². The second kappa shape index (κ2) is 6.37. The molecule has 1 aromatic heterocycles. The first kappa shape index (κ1) is 16.4. The van der Waals surface area contributed by atoms with Gasteiger partial charge in [0.25, 0.3) is 0 Å². The van der Waals surface area contributed by atoms with Gasteiger partial charge in [-0.2, -0.15) is 0 Å². The summed E-state index contributed by atoms with van der Waals surface area (Å²) in [6.07, 6.45) is 7.83. The van der Waals surface area contributed by atoms with Crippen molar-refractivity contribution < 1.29 is 13.2 Å². The van der Waals surface area contributed by atoms with Crippen molar-refractivity contribution in [3.8, 4) is 0 Å². The number of likely N-dealkylation sites (tertiary alicyclic amines) is 1. The molecule has 3 fully saturated rings. The molecule has 1 N–H and O–H groups in total. The second-order valence-corrected chi connectivity index (χ2v) is 9.40. The van der Waals surface area contributed by atoms with Gasteiger partial charge in [0.1, 0.15) is 0 Å². The van der Waals surface area contributed by atoms with Crippen LogP contribution in [0.3, 0.4) is 0 Å². The van der Waals surface area contributed by atoms with E-state index in [0.717, 1.165) is 51.7 Å². The third-order valence-electron chi connectivity index (χ3n) is 5.31. The van der Waals surface area contributed by atoms with Crippen LogP contribution in [0.15, 0.2) is 24.5 Å². The molecule has 3 heterocycles. The zero-order valence-electron chi connectivity index (χ0n) is 13.9. The Kier molecular flexibility index (Phi) is 4.36. The number of pyridine rings is 1. The summed E-state index contributed by atoms with van der Waals surface area (Å²) < 4.78 is 33.5. The maximum absolute atomic E-state index is 12.2. The largest absolute Gasteiger partial charge is 0.373 e. The van der Waals surface area contributed by atoms with Gasteiger partial charge >= 0.3 is 0 Å². The minimum absolute atomic E-state index is 0.0164. The Balaban J connectivity index is 1.37. The summed E-state index contributed by atoms with van der Waals surface area (Å²) in [5, 5.41) is -0.151. The van der Waals surface area contributed by atoms with Gasteiger partial charge in [0.2, 0.25) is 10.0 Å². The van der Waals surface area contributed by atoms with Crippen LogP contribution in [0.1, 0.15) is 37.7 Å². The molecule has 1 spiro atoms. The number of sulfonamides is 1. The van der Waals surface area contributed by atoms with Gasteiger partial charge in [0, 0.05) is 44.7 Å².